The second-order valence-corrected chi connectivity index (χ2v) is 6.41. The van der Waals surface area contributed by atoms with Gasteiger partial charge in [-0.3, -0.25) is 4.99 Å². The molecule has 0 aromatic heterocycles. The molecule has 2 rings (SSSR count). The van der Waals surface area contributed by atoms with Gasteiger partial charge in [-0.2, -0.15) is 0 Å². The summed E-state index contributed by atoms with van der Waals surface area (Å²) in [5, 5.41) is 6.75. The second-order valence-electron chi connectivity index (χ2n) is 6.41. The fourth-order valence-corrected chi connectivity index (χ4v) is 2.93. The van der Waals surface area contributed by atoms with E-state index >= 15 is 0 Å². The van der Waals surface area contributed by atoms with Gasteiger partial charge < -0.3 is 15.4 Å². The van der Waals surface area contributed by atoms with Crippen molar-refractivity contribution < 1.29 is 4.74 Å². The minimum absolute atomic E-state index is 0. The summed E-state index contributed by atoms with van der Waals surface area (Å²) in [5.74, 6) is 0.872. The van der Waals surface area contributed by atoms with Crippen LogP contribution in [-0.2, 0) is 11.3 Å². The molecule has 0 saturated heterocycles. The van der Waals surface area contributed by atoms with E-state index in [0.29, 0.717) is 18.6 Å². The molecule has 0 amide bonds. The highest BCUT2D eigenvalue weighted by molar-refractivity contribution is 14.0. The van der Waals surface area contributed by atoms with E-state index in [1.807, 2.05) is 25.2 Å². The molecule has 1 saturated carbocycles. The van der Waals surface area contributed by atoms with Crippen LogP contribution in [-0.4, -0.2) is 32.7 Å². The van der Waals surface area contributed by atoms with Gasteiger partial charge in [0, 0.05) is 20.1 Å². The Kier molecular flexibility index (Phi) is 9.55. The zero-order valence-corrected chi connectivity index (χ0v) is 16.6. The maximum Gasteiger partial charge on any atom is 0.191 e. The first-order valence-corrected chi connectivity index (χ1v) is 8.28. The van der Waals surface area contributed by atoms with E-state index in [2.05, 4.69) is 34.7 Å². The van der Waals surface area contributed by atoms with Crippen molar-refractivity contribution in [3.05, 3.63) is 35.9 Å². The molecule has 0 spiro atoms. The van der Waals surface area contributed by atoms with Crippen molar-refractivity contribution in [1.29, 1.82) is 0 Å². The van der Waals surface area contributed by atoms with Crippen LogP contribution in [0.15, 0.2) is 35.3 Å². The van der Waals surface area contributed by atoms with Crippen LogP contribution in [0.1, 0.15) is 38.2 Å². The van der Waals surface area contributed by atoms with Crippen molar-refractivity contribution in [3.63, 3.8) is 0 Å². The van der Waals surface area contributed by atoms with Crippen LogP contribution in [0.25, 0.3) is 0 Å². The van der Waals surface area contributed by atoms with Crippen molar-refractivity contribution >= 4 is 29.9 Å². The number of guanidine groups is 1. The van der Waals surface area contributed by atoms with Crippen molar-refractivity contribution in [2.45, 2.75) is 39.2 Å². The SMILES string of the molecule is CN=C(NCCOCc1ccccc1)NCC1(C)CCCC1.I. The van der Waals surface area contributed by atoms with Gasteiger partial charge in [-0.25, -0.2) is 0 Å². The third-order valence-electron chi connectivity index (χ3n) is 4.37. The molecular formula is C18H30IN3O. The summed E-state index contributed by atoms with van der Waals surface area (Å²) in [5.41, 5.74) is 1.64. The lowest BCUT2D eigenvalue weighted by atomic mass is 9.89. The van der Waals surface area contributed by atoms with Crippen LogP contribution in [0, 0.1) is 5.41 Å². The zero-order chi connectivity index (χ0) is 15.7. The largest absolute Gasteiger partial charge is 0.375 e. The number of rotatable bonds is 7. The average molecular weight is 431 g/mol. The maximum atomic E-state index is 5.67. The number of hydrogen-bond donors (Lipinski definition) is 2. The van der Waals surface area contributed by atoms with Crippen LogP contribution < -0.4 is 10.6 Å². The summed E-state index contributed by atoms with van der Waals surface area (Å²) in [6, 6.07) is 10.2. The van der Waals surface area contributed by atoms with Gasteiger partial charge in [0.05, 0.1) is 13.2 Å². The van der Waals surface area contributed by atoms with Gasteiger partial charge in [-0.15, -0.1) is 24.0 Å². The number of benzene rings is 1. The Bertz CT molecular complexity index is 459. The molecule has 1 aromatic carbocycles. The van der Waals surface area contributed by atoms with E-state index in [9.17, 15) is 0 Å². The molecule has 1 fully saturated rings. The lowest BCUT2D eigenvalue weighted by Gasteiger charge is -2.25. The summed E-state index contributed by atoms with van der Waals surface area (Å²) in [4.78, 5) is 4.27. The predicted octanol–water partition coefficient (Wildman–Crippen LogP) is 3.57. The van der Waals surface area contributed by atoms with Gasteiger partial charge in [0.1, 0.15) is 0 Å². The number of aliphatic imine (C=N–C) groups is 1. The van der Waals surface area contributed by atoms with Gasteiger partial charge >= 0.3 is 0 Å². The van der Waals surface area contributed by atoms with E-state index in [1.165, 1.54) is 31.2 Å². The monoisotopic (exact) mass is 431 g/mol. The fraction of sp³-hybridized carbons (Fsp3) is 0.611. The molecule has 0 atom stereocenters. The highest BCUT2D eigenvalue weighted by Gasteiger charge is 2.28. The third-order valence-corrected chi connectivity index (χ3v) is 4.37. The van der Waals surface area contributed by atoms with E-state index in [-0.39, 0.29) is 24.0 Å². The molecule has 5 heteroatoms. The molecule has 4 nitrogen and oxygen atoms in total. The van der Waals surface area contributed by atoms with Crippen molar-refractivity contribution in [1.82, 2.24) is 10.6 Å². The Labute approximate surface area is 157 Å². The number of halogens is 1. The molecule has 0 bridgehead atoms. The zero-order valence-electron chi connectivity index (χ0n) is 14.3. The summed E-state index contributed by atoms with van der Waals surface area (Å²) in [6.07, 6.45) is 5.35. The fourth-order valence-electron chi connectivity index (χ4n) is 2.93. The van der Waals surface area contributed by atoms with Crippen LogP contribution in [0.5, 0.6) is 0 Å². The third kappa shape index (κ3) is 7.52. The highest BCUT2D eigenvalue weighted by Crippen LogP contribution is 2.36. The summed E-state index contributed by atoms with van der Waals surface area (Å²) < 4.78 is 5.67. The molecule has 0 unspecified atom stereocenters. The lowest BCUT2D eigenvalue weighted by molar-refractivity contribution is 0.125. The Morgan fingerprint density at radius 2 is 1.87 bits per heavy atom. The minimum atomic E-state index is 0. The summed E-state index contributed by atoms with van der Waals surface area (Å²) in [6.45, 7) is 5.46. The van der Waals surface area contributed by atoms with Gasteiger partial charge in [-0.1, -0.05) is 50.1 Å². The van der Waals surface area contributed by atoms with E-state index in [1.54, 1.807) is 0 Å². The average Bonchev–Trinajstić information content (AvgIpc) is 2.98. The minimum Gasteiger partial charge on any atom is -0.375 e. The number of ether oxygens (including phenoxy) is 1. The van der Waals surface area contributed by atoms with Crippen LogP contribution in [0.2, 0.25) is 0 Å². The van der Waals surface area contributed by atoms with Crippen LogP contribution in [0.4, 0.5) is 0 Å². The molecule has 0 radical (unpaired) electrons. The van der Waals surface area contributed by atoms with Gasteiger partial charge in [-0.05, 0) is 23.8 Å². The highest BCUT2D eigenvalue weighted by atomic mass is 127. The van der Waals surface area contributed by atoms with Crippen molar-refractivity contribution in [2.24, 2.45) is 10.4 Å². The summed E-state index contributed by atoms with van der Waals surface area (Å²) in [7, 11) is 1.82. The molecule has 130 valence electrons. The predicted molar refractivity (Wildman–Crippen MR) is 107 cm³/mol. The smallest absolute Gasteiger partial charge is 0.191 e. The topological polar surface area (TPSA) is 45.7 Å². The molecule has 0 aliphatic heterocycles. The number of nitrogens with zero attached hydrogens (tertiary/aromatic N) is 1. The van der Waals surface area contributed by atoms with Gasteiger partial charge in [0.15, 0.2) is 5.96 Å². The van der Waals surface area contributed by atoms with Crippen LogP contribution in [0.3, 0.4) is 0 Å². The van der Waals surface area contributed by atoms with E-state index in [4.69, 9.17) is 4.74 Å². The molecule has 0 heterocycles. The first-order chi connectivity index (χ1) is 10.7. The Morgan fingerprint density at radius 1 is 1.17 bits per heavy atom. The first-order valence-electron chi connectivity index (χ1n) is 8.28. The number of hydrogen-bond acceptors (Lipinski definition) is 2. The van der Waals surface area contributed by atoms with E-state index < -0.39 is 0 Å². The van der Waals surface area contributed by atoms with Gasteiger partial charge in [0.2, 0.25) is 0 Å². The first kappa shape index (κ1) is 20.2. The maximum absolute atomic E-state index is 5.67. The van der Waals surface area contributed by atoms with Gasteiger partial charge in [0.25, 0.3) is 0 Å². The Hall–Kier alpha value is -0.820. The van der Waals surface area contributed by atoms with Crippen molar-refractivity contribution in [2.75, 3.05) is 26.7 Å². The standard InChI is InChI=1S/C18H29N3O.HI/c1-18(10-6-7-11-18)15-21-17(19-2)20-12-13-22-14-16-8-4-3-5-9-16;/h3-5,8-9H,6-7,10-15H2,1-2H3,(H2,19,20,21);1H. The molecule has 23 heavy (non-hydrogen) atoms. The van der Waals surface area contributed by atoms with Crippen LogP contribution >= 0.6 is 24.0 Å². The molecule has 1 aliphatic carbocycles. The van der Waals surface area contributed by atoms with E-state index in [0.717, 1.165) is 19.0 Å². The second kappa shape index (κ2) is 10.9. The lowest BCUT2D eigenvalue weighted by Crippen LogP contribution is -2.43. The molecule has 1 aromatic rings. The Morgan fingerprint density at radius 3 is 2.52 bits per heavy atom. The molecular weight excluding hydrogens is 401 g/mol. The summed E-state index contributed by atoms with van der Waals surface area (Å²) >= 11 is 0. The number of nitrogens with one attached hydrogen (secondary N) is 2. The molecule has 1 aliphatic rings. The van der Waals surface area contributed by atoms with Crippen molar-refractivity contribution in [3.8, 4) is 0 Å². The molecule has 2 N–H and O–H groups in total. The normalized spacial score (nSPS) is 16.7. The Balaban J connectivity index is 0.00000264. The quantitative estimate of drug-likeness (QED) is 0.300.